The molecule has 3 aliphatic heterocycles. The Morgan fingerprint density at radius 1 is 0.970 bits per heavy atom. The summed E-state index contributed by atoms with van der Waals surface area (Å²) in [7, 11) is 0. The summed E-state index contributed by atoms with van der Waals surface area (Å²) in [5.41, 5.74) is 3.66. The minimum absolute atomic E-state index is 0.0208. The van der Waals surface area contributed by atoms with E-state index in [1.165, 1.54) is 4.90 Å². The second-order valence-electron chi connectivity index (χ2n) is 8.74. The molecule has 0 saturated carbocycles. The highest BCUT2D eigenvalue weighted by atomic mass is 16.4. The van der Waals surface area contributed by atoms with Crippen LogP contribution in [-0.2, 0) is 4.79 Å². The second-order valence-corrected chi connectivity index (χ2v) is 8.74. The number of nitrogens with zero attached hydrogens (tertiary/aromatic N) is 4. The van der Waals surface area contributed by atoms with Crippen LogP contribution in [0.5, 0.6) is 0 Å². The normalized spacial score (nSPS) is 21.1. The maximum Gasteiger partial charge on any atom is 0.419 e. The molecule has 11 heteroatoms. The predicted molar refractivity (Wildman–Crippen MR) is 120 cm³/mol. The number of hydrazine groups is 1. The molecule has 3 fully saturated rings. The number of anilines is 1. The third-order valence-electron chi connectivity index (χ3n) is 6.52. The fourth-order valence-corrected chi connectivity index (χ4v) is 4.64. The highest BCUT2D eigenvalue weighted by molar-refractivity contribution is 6.05. The van der Waals surface area contributed by atoms with Crippen LogP contribution >= 0.6 is 0 Å². The SMILES string of the molecule is O=C(O)NN1CCC(CN2CCN(C(=O)c3ccc(N4CCC(=O)NC4=O)cc3)CC2)CC1. The second kappa shape index (κ2) is 10.2. The molecule has 11 nitrogen and oxygen atoms in total. The summed E-state index contributed by atoms with van der Waals surface area (Å²) >= 11 is 0. The van der Waals surface area contributed by atoms with E-state index in [1.54, 1.807) is 29.3 Å². The van der Waals surface area contributed by atoms with Crippen LogP contribution < -0.4 is 15.6 Å². The summed E-state index contributed by atoms with van der Waals surface area (Å²) in [5.74, 6) is 0.240. The molecule has 0 aliphatic carbocycles. The van der Waals surface area contributed by atoms with Gasteiger partial charge in [0, 0.05) is 70.0 Å². The third-order valence-corrected chi connectivity index (χ3v) is 6.52. The van der Waals surface area contributed by atoms with Crippen molar-refractivity contribution >= 4 is 29.6 Å². The van der Waals surface area contributed by atoms with E-state index in [2.05, 4.69) is 15.6 Å². The number of carbonyl (C=O) groups is 4. The number of amides is 5. The third kappa shape index (κ3) is 5.79. The summed E-state index contributed by atoms with van der Waals surface area (Å²) in [5, 5.41) is 12.9. The van der Waals surface area contributed by atoms with Crippen LogP contribution in [0.4, 0.5) is 15.3 Å². The van der Waals surface area contributed by atoms with Crippen LogP contribution in [0.3, 0.4) is 0 Å². The molecule has 1 aromatic carbocycles. The minimum atomic E-state index is -1.02. The van der Waals surface area contributed by atoms with Crippen molar-refractivity contribution in [3.63, 3.8) is 0 Å². The van der Waals surface area contributed by atoms with Crippen LogP contribution in [0.2, 0.25) is 0 Å². The summed E-state index contributed by atoms with van der Waals surface area (Å²) in [6.45, 7) is 5.71. The fourth-order valence-electron chi connectivity index (χ4n) is 4.64. The van der Waals surface area contributed by atoms with Gasteiger partial charge in [-0.25, -0.2) is 14.6 Å². The Morgan fingerprint density at radius 2 is 1.64 bits per heavy atom. The van der Waals surface area contributed by atoms with Crippen LogP contribution in [0, 0.1) is 5.92 Å². The largest absolute Gasteiger partial charge is 0.464 e. The molecular weight excluding hydrogens is 428 g/mol. The lowest BCUT2D eigenvalue weighted by atomic mass is 9.97. The van der Waals surface area contributed by atoms with Gasteiger partial charge in [-0.1, -0.05) is 0 Å². The molecule has 3 saturated heterocycles. The Labute approximate surface area is 192 Å². The molecule has 3 aliphatic rings. The Kier molecular flexibility index (Phi) is 7.09. The maximum atomic E-state index is 12.9. The molecule has 3 heterocycles. The molecule has 0 atom stereocenters. The van der Waals surface area contributed by atoms with Gasteiger partial charge in [0.25, 0.3) is 5.91 Å². The van der Waals surface area contributed by atoms with Gasteiger partial charge in [-0.05, 0) is 43.0 Å². The number of urea groups is 1. The van der Waals surface area contributed by atoms with E-state index in [1.807, 2.05) is 4.90 Å². The lowest BCUT2D eigenvalue weighted by molar-refractivity contribution is -0.120. The molecular formula is C22H30N6O5. The molecule has 4 rings (SSSR count). The number of carbonyl (C=O) groups excluding carboxylic acids is 3. The zero-order valence-corrected chi connectivity index (χ0v) is 18.5. The van der Waals surface area contributed by atoms with E-state index in [0.717, 1.165) is 45.6 Å². The number of imide groups is 1. The zero-order chi connectivity index (χ0) is 23.4. The number of hydrogen-bond acceptors (Lipinski definition) is 6. The molecule has 5 amide bonds. The zero-order valence-electron chi connectivity index (χ0n) is 18.5. The van der Waals surface area contributed by atoms with Gasteiger partial charge in [0.05, 0.1) is 0 Å². The average molecular weight is 459 g/mol. The van der Waals surface area contributed by atoms with Crippen LogP contribution in [0.15, 0.2) is 24.3 Å². The van der Waals surface area contributed by atoms with Crippen molar-refractivity contribution < 1.29 is 24.3 Å². The smallest absolute Gasteiger partial charge is 0.419 e. The van der Waals surface area contributed by atoms with E-state index in [4.69, 9.17) is 5.11 Å². The van der Waals surface area contributed by atoms with Gasteiger partial charge in [0.15, 0.2) is 0 Å². The molecule has 0 spiro atoms. The molecule has 0 unspecified atom stereocenters. The van der Waals surface area contributed by atoms with Crippen molar-refractivity contribution in [2.45, 2.75) is 19.3 Å². The van der Waals surface area contributed by atoms with Gasteiger partial charge >= 0.3 is 12.1 Å². The number of rotatable bonds is 5. The average Bonchev–Trinajstić information content (AvgIpc) is 2.80. The summed E-state index contributed by atoms with van der Waals surface area (Å²) in [6.07, 6.45) is 1.15. The predicted octanol–water partition coefficient (Wildman–Crippen LogP) is 0.785. The van der Waals surface area contributed by atoms with Crippen molar-refractivity contribution in [3.05, 3.63) is 29.8 Å². The summed E-state index contributed by atoms with van der Waals surface area (Å²) in [6, 6.07) is 6.50. The topological polar surface area (TPSA) is 126 Å². The first-order chi connectivity index (χ1) is 15.9. The van der Waals surface area contributed by atoms with Gasteiger partial charge in [0.2, 0.25) is 5.91 Å². The number of hydrogen-bond donors (Lipinski definition) is 3. The minimum Gasteiger partial charge on any atom is -0.464 e. The van der Waals surface area contributed by atoms with E-state index in [0.29, 0.717) is 36.8 Å². The Morgan fingerprint density at radius 3 is 2.24 bits per heavy atom. The number of benzene rings is 1. The van der Waals surface area contributed by atoms with Crippen molar-refractivity contribution in [1.29, 1.82) is 0 Å². The first-order valence-electron chi connectivity index (χ1n) is 11.4. The lowest BCUT2D eigenvalue weighted by Gasteiger charge is -2.38. The summed E-state index contributed by atoms with van der Waals surface area (Å²) < 4.78 is 0. The number of piperazine rings is 1. The van der Waals surface area contributed by atoms with Crippen LogP contribution in [-0.4, -0.2) is 96.2 Å². The van der Waals surface area contributed by atoms with E-state index < -0.39 is 12.1 Å². The Hall–Kier alpha value is -3.18. The Balaban J connectivity index is 1.23. The Bertz CT molecular complexity index is 891. The number of nitrogens with one attached hydrogen (secondary N) is 2. The van der Waals surface area contributed by atoms with Crippen LogP contribution in [0.1, 0.15) is 29.6 Å². The number of piperidine rings is 1. The quantitative estimate of drug-likeness (QED) is 0.596. The van der Waals surface area contributed by atoms with Crippen molar-refractivity contribution in [1.82, 2.24) is 25.6 Å². The molecule has 0 bridgehead atoms. The highest BCUT2D eigenvalue weighted by Crippen LogP contribution is 2.21. The van der Waals surface area contributed by atoms with Crippen LogP contribution in [0.25, 0.3) is 0 Å². The van der Waals surface area contributed by atoms with E-state index in [-0.39, 0.29) is 18.2 Å². The highest BCUT2D eigenvalue weighted by Gasteiger charge is 2.27. The molecule has 0 radical (unpaired) electrons. The standard InChI is InChI=1S/C22H30N6O5/c29-19-7-10-28(21(31)23-19)18-3-1-17(2-4-18)20(30)26-13-11-25(12-14-26)15-16-5-8-27(9-6-16)24-22(32)33/h1-4,16,24H,5-15H2,(H,32,33)(H,23,29,31). The molecule has 178 valence electrons. The lowest BCUT2D eigenvalue weighted by Crippen LogP contribution is -2.51. The van der Waals surface area contributed by atoms with Gasteiger partial charge in [-0.2, -0.15) is 0 Å². The molecule has 33 heavy (non-hydrogen) atoms. The number of carboxylic acid groups (broad SMARTS) is 1. The van der Waals surface area contributed by atoms with Gasteiger partial charge in [0.1, 0.15) is 0 Å². The van der Waals surface area contributed by atoms with E-state index >= 15 is 0 Å². The van der Waals surface area contributed by atoms with Crippen molar-refractivity contribution in [3.8, 4) is 0 Å². The molecule has 0 aromatic heterocycles. The first kappa shape index (κ1) is 23.0. The molecule has 1 aromatic rings. The van der Waals surface area contributed by atoms with Crippen molar-refractivity contribution in [2.75, 3.05) is 57.3 Å². The van der Waals surface area contributed by atoms with Crippen molar-refractivity contribution in [2.24, 2.45) is 5.92 Å². The monoisotopic (exact) mass is 458 g/mol. The van der Waals surface area contributed by atoms with E-state index in [9.17, 15) is 19.2 Å². The maximum absolute atomic E-state index is 12.9. The summed E-state index contributed by atoms with van der Waals surface area (Å²) in [4.78, 5) is 52.7. The fraction of sp³-hybridized carbons (Fsp3) is 0.545. The van der Waals surface area contributed by atoms with Gasteiger partial charge in [-0.3, -0.25) is 30.1 Å². The molecule has 3 N–H and O–H groups in total. The van der Waals surface area contributed by atoms with Gasteiger partial charge < -0.3 is 10.0 Å². The van der Waals surface area contributed by atoms with Gasteiger partial charge in [-0.15, -0.1) is 0 Å². The first-order valence-corrected chi connectivity index (χ1v) is 11.4.